The Bertz CT molecular complexity index is 709. The Morgan fingerprint density at radius 3 is 2.57 bits per heavy atom. The lowest BCUT2D eigenvalue weighted by molar-refractivity contribution is -0.143. The van der Waals surface area contributed by atoms with Gasteiger partial charge in [0.25, 0.3) is 0 Å². The molecule has 0 fully saturated rings. The van der Waals surface area contributed by atoms with E-state index >= 15 is 0 Å². The van der Waals surface area contributed by atoms with Gasteiger partial charge in [-0.05, 0) is 19.1 Å². The number of benzene rings is 1. The second-order valence-electron chi connectivity index (χ2n) is 5.17. The summed E-state index contributed by atoms with van der Waals surface area (Å²) >= 11 is 3.38. The average molecular weight is 381 g/mol. The Hall–Kier alpha value is -2.15. The van der Waals surface area contributed by atoms with Crippen LogP contribution in [0.2, 0.25) is 0 Å². The van der Waals surface area contributed by atoms with Crippen LogP contribution in [0, 0.1) is 6.92 Å². The molecular formula is C16H17BrN2O4. The summed E-state index contributed by atoms with van der Waals surface area (Å²) in [5.41, 5.74) is 1.67. The van der Waals surface area contributed by atoms with E-state index in [1.807, 2.05) is 31.2 Å². The number of carboxylic acids is 1. The van der Waals surface area contributed by atoms with Crippen LogP contribution >= 0.6 is 15.9 Å². The fraction of sp³-hybridized carbons (Fsp3) is 0.312. The van der Waals surface area contributed by atoms with E-state index in [0.29, 0.717) is 18.1 Å². The Labute approximate surface area is 142 Å². The van der Waals surface area contributed by atoms with E-state index in [2.05, 4.69) is 20.9 Å². The van der Waals surface area contributed by atoms with Crippen molar-refractivity contribution in [1.82, 2.24) is 9.88 Å². The highest BCUT2D eigenvalue weighted by atomic mass is 79.9. The van der Waals surface area contributed by atoms with Crippen LogP contribution in [0.25, 0.3) is 11.3 Å². The summed E-state index contributed by atoms with van der Waals surface area (Å²) in [6, 6.07) is 7.68. The van der Waals surface area contributed by atoms with Crippen molar-refractivity contribution in [3.63, 3.8) is 0 Å². The summed E-state index contributed by atoms with van der Waals surface area (Å²) in [4.78, 5) is 27.9. The monoisotopic (exact) mass is 380 g/mol. The molecule has 1 aromatic carbocycles. The number of amides is 1. The van der Waals surface area contributed by atoms with Gasteiger partial charge in [0.2, 0.25) is 5.91 Å². The number of carbonyl (C=O) groups excluding carboxylic acids is 1. The normalized spacial score (nSPS) is 10.6. The molecule has 1 N–H and O–H groups in total. The van der Waals surface area contributed by atoms with E-state index in [0.717, 1.165) is 15.7 Å². The molecule has 0 saturated heterocycles. The van der Waals surface area contributed by atoms with Crippen molar-refractivity contribution in [3.8, 4) is 11.3 Å². The molecule has 7 heteroatoms. The number of carboxylic acid groups (broad SMARTS) is 1. The van der Waals surface area contributed by atoms with Gasteiger partial charge in [-0.3, -0.25) is 9.59 Å². The summed E-state index contributed by atoms with van der Waals surface area (Å²) in [6.07, 6.45) is 0.490. The number of rotatable bonds is 6. The Morgan fingerprint density at radius 2 is 1.96 bits per heavy atom. The summed E-state index contributed by atoms with van der Waals surface area (Å²) in [5.74, 6) is -0.143. The minimum atomic E-state index is -1.04. The first-order chi connectivity index (χ1) is 10.9. The molecule has 122 valence electrons. The average Bonchev–Trinajstić information content (AvgIpc) is 2.86. The molecular weight excluding hydrogens is 364 g/mol. The molecule has 0 bridgehead atoms. The topological polar surface area (TPSA) is 83.6 Å². The van der Waals surface area contributed by atoms with Crippen molar-refractivity contribution < 1.29 is 19.1 Å². The van der Waals surface area contributed by atoms with E-state index in [4.69, 9.17) is 9.52 Å². The molecule has 2 aromatic rings. The van der Waals surface area contributed by atoms with E-state index in [-0.39, 0.29) is 18.9 Å². The molecule has 0 aliphatic heterocycles. The fourth-order valence-electron chi connectivity index (χ4n) is 2.12. The number of carbonyl (C=O) groups is 2. The maximum absolute atomic E-state index is 11.8. The Kier molecular flexibility index (Phi) is 5.54. The van der Waals surface area contributed by atoms with Crippen molar-refractivity contribution in [2.45, 2.75) is 19.8 Å². The third-order valence-corrected chi connectivity index (χ3v) is 3.83. The molecule has 6 nitrogen and oxygen atoms in total. The predicted molar refractivity (Wildman–Crippen MR) is 88.0 cm³/mol. The number of hydrogen-bond donors (Lipinski definition) is 1. The van der Waals surface area contributed by atoms with Crippen LogP contribution in [0.1, 0.15) is 18.0 Å². The third kappa shape index (κ3) is 4.66. The van der Waals surface area contributed by atoms with Crippen LogP contribution in [0.3, 0.4) is 0 Å². The molecule has 1 aromatic heterocycles. The van der Waals surface area contributed by atoms with Gasteiger partial charge in [-0.15, -0.1) is 0 Å². The van der Waals surface area contributed by atoms with Crippen molar-refractivity contribution >= 4 is 27.8 Å². The van der Waals surface area contributed by atoms with Gasteiger partial charge >= 0.3 is 5.97 Å². The van der Waals surface area contributed by atoms with Crippen LogP contribution in [0.5, 0.6) is 0 Å². The van der Waals surface area contributed by atoms with E-state index in [9.17, 15) is 9.59 Å². The van der Waals surface area contributed by atoms with Crippen molar-refractivity contribution in [2.75, 3.05) is 13.6 Å². The molecule has 0 aliphatic rings. The second-order valence-corrected chi connectivity index (χ2v) is 6.09. The Morgan fingerprint density at radius 1 is 1.30 bits per heavy atom. The van der Waals surface area contributed by atoms with Gasteiger partial charge in [-0.25, -0.2) is 4.98 Å². The Balaban J connectivity index is 2.02. The standard InChI is InChI=1S/C16H17BrN2O4/c1-10-16(11-3-5-12(17)6-4-11)23-13(18-10)7-8-14(20)19(2)9-15(21)22/h3-6H,7-9H2,1-2H3,(H,21,22). The largest absolute Gasteiger partial charge is 0.480 e. The summed E-state index contributed by atoms with van der Waals surface area (Å²) in [6.45, 7) is 1.54. The van der Waals surface area contributed by atoms with Gasteiger partial charge < -0.3 is 14.4 Å². The van der Waals surface area contributed by atoms with Crippen molar-refractivity contribution in [3.05, 3.63) is 40.3 Å². The van der Waals surface area contributed by atoms with Crippen LogP contribution in [0.4, 0.5) is 0 Å². The van der Waals surface area contributed by atoms with Crippen molar-refractivity contribution in [1.29, 1.82) is 0 Å². The zero-order valence-electron chi connectivity index (χ0n) is 12.9. The van der Waals surface area contributed by atoms with Gasteiger partial charge in [0, 0.05) is 29.9 Å². The molecule has 2 rings (SSSR count). The lowest BCUT2D eigenvalue weighted by Gasteiger charge is -2.13. The lowest BCUT2D eigenvalue weighted by atomic mass is 10.1. The number of aromatic nitrogens is 1. The van der Waals surface area contributed by atoms with Gasteiger partial charge in [-0.2, -0.15) is 0 Å². The number of hydrogen-bond acceptors (Lipinski definition) is 4. The van der Waals surface area contributed by atoms with Gasteiger partial charge in [-0.1, -0.05) is 28.1 Å². The summed E-state index contributed by atoms with van der Waals surface area (Å²) in [5, 5.41) is 8.68. The SMILES string of the molecule is Cc1nc(CCC(=O)N(C)CC(=O)O)oc1-c1ccc(Br)cc1. The van der Waals surface area contributed by atoms with Crippen molar-refractivity contribution in [2.24, 2.45) is 0 Å². The highest BCUT2D eigenvalue weighted by molar-refractivity contribution is 9.10. The molecule has 1 heterocycles. The zero-order chi connectivity index (χ0) is 17.0. The van der Waals surface area contributed by atoms with Gasteiger partial charge in [0.15, 0.2) is 11.7 Å². The van der Waals surface area contributed by atoms with Gasteiger partial charge in [0.05, 0.1) is 5.69 Å². The maximum atomic E-state index is 11.8. The lowest BCUT2D eigenvalue weighted by Crippen LogP contribution is -2.32. The molecule has 0 spiro atoms. The van der Waals surface area contributed by atoms with E-state index < -0.39 is 5.97 Å². The number of oxazole rings is 1. The molecule has 0 atom stereocenters. The summed E-state index contributed by atoms with van der Waals surface area (Å²) < 4.78 is 6.72. The number of halogens is 1. The number of nitrogens with zero attached hydrogens (tertiary/aromatic N) is 2. The number of likely N-dealkylation sites (N-methyl/N-ethyl adjacent to an activating group) is 1. The fourth-order valence-corrected chi connectivity index (χ4v) is 2.39. The molecule has 0 saturated carbocycles. The smallest absolute Gasteiger partial charge is 0.323 e. The predicted octanol–water partition coefficient (Wildman–Crippen LogP) is 2.89. The zero-order valence-corrected chi connectivity index (χ0v) is 14.5. The third-order valence-electron chi connectivity index (χ3n) is 3.30. The first-order valence-corrected chi connectivity index (χ1v) is 7.84. The molecule has 0 unspecified atom stereocenters. The minimum Gasteiger partial charge on any atom is -0.480 e. The first kappa shape index (κ1) is 17.2. The molecule has 1 amide bonds. The highest BCUT2D eigenvalue weighted by Gasteiger charge is 2.16. The van der Waals surface area contributed by atoms with Gasteiger partial charge in [0.1, 0.15) is 6.54 Å². The quantitative estimate of drug-likeness (QED) is 0.832. The van der Waals surface area contributed by atoms with Crippen LogP contribution in [-0.4, -0.2) is 40.5 Å². The number of aliphatic carboxylic acids is 1. The molecule has 0 aliphatic carbocycles. The highest BCUT2D eigenvalue weighted by Crippen LogP contribution is 2.26. The van der Waals surface area contributed by atoms with Crippen LogP contribution < -0.4 is 0 Å². The summed E-state index contributed by atoms with van der Waals surface area (Å²) in [7, 11) is 1.46. The maximum Gasteiger partial charge on any atom is 0.323 e. The van der Waals surface area contributed by atoms with Crippen LogP contribution in [-0.2, 0) is 16.0 Å². The van der Waals surface area contributed by atoms with Crippen LogP contribution in [0.15, 0.2) is 33.2 Å². The number of aryl methyl sites for hydroxylation is 2. The van der Waals surface area contributed by atoms with E-state index in [1.165, 1.54) is 11.9 Å². The molecule has 23 heavy (non-hydrogen) atoms. The van der Waals surface area contributed by atoms with E-state index in [1.54, 1.807) is 0 Å². The minimum absolute atomic E-state index is 0.156. The second kappa shape index (κ2) is 7.41. The first-order valence-electron chi connectivity index (χ1n) is 7.05. The molecule has 0 radical (unpaired) electrons.